The first kappa shape index (κ1) is 17.0. The Bertz CT molecular complexity index is 973. The zero-order valence-corrected chi connectivity index (χ0v) is 14.5. The summed E-state index contributed by atoms with van der Waals surface area (Å²) in [7, 11) is -2.22. The first-order chi connectivity index (χ1) is 12.3. The summed E-state index contributed by atoms with van der Waals surface area (Å²) in [4.78, 5) is 0.0808. The van der Waals surface area contributed by atoms with Crippen LogP contribution >= 0.6 is 0 Å². The van der Waals surface area contributed by atoms with Gasteiger partial charge in [0.25, 0.3) is 0 Å². The second-order valence-electron chi connectivity index (χ2n) is 6.09. The number of halogens is 2. The normalized spacial score (nSPS) is 18.0. The van der Waals surface area contributed by atoms with E-state index in [-0.39, 0.29) is 22.4 Å². The van der Waals surface area contributed by atoms with E-state index >= 15 is 0 Å². The summed E-state index contributed by atoms with van der Waals surface area (Å²) in [5, 5.41) is 0. The van der Waals surface area contributed by atoms with Crippen LogP contribution < -0.4 is 18.9 Å². The van der Waals surface area contributed by atoms with Crippen molar-refractivity contribution in [2.75, 3.05) is 7.11 Å². The lowest BCUT2D eigenvalue weighted by Gasteiger charge is -2.12. The molecule has 1 heterocycles. The molecule has 0 radical (unpaired) electrons. The minimum Gasteiger partial charge on any atom is -0.496 e. The average Bonchev–Trinajstić information content (AvgIpc) is 3.32. The lowest BCUT2D eigenvalue weighted by molar-refractivity contribution is -0.286. The maximum absolute atomic E-state index is 13.2. The van der Waals surface area contributed by atoms with E-state index in [4.69, 9.17) is 4.74 Å². The molecule has 1 aliphatic carbocycles. The monoisotopic (exact) mass is 383 g/mol. The lowest BCUT2D eigenvalue weighted by Crippen LogP contribution is -2.25. The van der Waals surface area contributed by atoms with Gasteiger partial charge in [-0.25, -0.2) is 13.1 Å². The molecule has 2 aromatic rings. The second kappa shape index (κ2) is 5.82. The summed E-state index contributed by atoms with van der Waals surface area (Å²) in [5.41, 5.74) is 1.07. The van der Waals surface area contributed by atoms with Crippen LogP contribution in [0.2, 0.25) is 0 Å². The molecule has 0 unspecified atom stereocenters. The van der Waals surface area contributed by atoms with E-state index in [9.17, 15) is 17.2 Å². The highest BCUT2D eigenvalue weighted by atomic mass is 32.2. The molecule has 0 atom stereocenters. The fourth-order valence-electron chi connectivity index (χ4n) is 2.68. The van der Waals surface area contributed by atoms with Gasteiger partial charge in [0.05, 0.1) is 12.0 Å². The van der Waals surface area contributed by atoms with Crippen LogP contribution in [0.5, 0.6) is 17.2 Å². The zero-order valence-electron chi connectivity index (χ0n) is 13.7. The number of hydrogen-bond acceptors (Lipinski definition) is 5. The Morgan fingerprint density at radius 2 is 1.85 bits per heavy atom. The van der Waals surface area contributed by atoms with Gasteiger partial charge in [-0.05, 0) is 42.7 Å². The highest BCUT2D eigenvalue weighted by molar-refractivity contribution is 7.89. The van der Waals surface area contributed by atoms with E-state index < -0.39 is 16.3 Å². The molecule has 0 aromatic heterocycles. The molecule has 1 aliphatic heterocycles. The molecular weight excluding hydrogens is 368 g/mol. The first-order valence-corrected chi connectivity index (χ1v) is 9.36. The molecule has 0 amide bonds. The third-order valence-electron chi connectivity index (χ3n) is 4.09. The van der Waals surface area contributed by atoms with Crippen molar-refractivity contribution in [1.82, 2.24) is 4.72 Å². The van der Waals surface area contributed by atoms with Gasteiger partial charge >= 0.3 is 6.29 Å². The van der Waals surface area contributed by atoms with Crippen LogP contribution in [-0.4, -0.2) is 27.9 Å². The fourth-order valence-corrected chi connectivity index (χ4v) is 4.00. The van der Waals surface area contributed by atoms with Crippen molar-refractivity contribution >= 4 is 10.0 Å². The van der Waals surface area contributed by atoms with Crippen molar-refractivity contribution in [3.63, 3.8) is 0 Å². The molecule has 2 aromatic carbocycles. The Hall–Kier alpha value is -2.39. The quantitative estimate of drug-likeness (QED) is 0.859. The molecule has 26 heavy (non-hydrogen) atoms. The topological polar surface area (TPSA) is 73.9 Å². The highest BCUT2D eigenvalue weighted by Gasteiger charge is 2.43. The van der Waals surface area contributed by atoms with Crippen molar-refractivity contribution in [3.8, 4) is 28.4 Å². The standard InChI is InChI=1S/C17H15F2NO5S/c1-23-15-9-12(26(21,22)20-11-3-4-11)5-6-13(15)10-2-7-14-16(8-10)25-17(18,19)24-14/h2,5-9,11,20H,3-4H2,1H3. The predicted octanol–water partition coefficient (Wildman–Crippen LogP) is 3.12. The molecule has 1 saturated carbocycles. The smallest absolute Gasteiger partial charge is 0.496 e. The van der Waals surface area contributed by atoms with E-state index in [2.05, 4.69) is 14.2 Å². The minimum absolute atomic E-state index is 0.0128. The molecule has 9 heteroatoms. The molecule has 6 nitrogen and oxygen atoms in total. The molecule has 1 N–H and O–H groups in total. The van der Waals surface area contributed by atoms with Gasteiger partial charge in [0, 0.05) is 17.7 Å². The van der Waals surface area contributed by atoms with Gasteiger partial charge in [-0.2, -0.15) is 0 Å². The van der Waals surface area contributed by atoms with Gasteiger partial charge in [0.15, 0.2) is 11.5 Å². The van der Waals surface area contributed by atoms with Crippen LogP contribution in [0.15, 0.2) is 41.3 Å². The van der Waals surface area contributed by atoms with E-state index in [0.717, 1.165) is 12.8 Å². The number of fused-ring (bicyclic) bond motifs is 1. The summed E-state index contributed by atoms with van der Waals surface area (Å²) in [6.07, 6.45) is -2.04. The number of rotatable bonds is 5. The van der Waals surface area contributed by atoms with E-state index in [1.165, 1.54) is 31.4 Å². The van der Waals surface area contributed by atoms with Gasteiger partial charge in [-0.3, -0.25) is 0 Å². The van der Waals surface area contributed by atoms with Crippen molar-refractivity contribution in [1.29, 1.82) is 0 Å². The Labute approximate surface area is 148 Å². The number of ether oxygens (including phenoxy) is 3. The maximum atomic E-state index is 13.2. The average molecular weight is 383 g/mol. The van der Waals surface area contributed by atoms with Crippen molar-refractivity contribution in [3.05, 3.63) is 36.4 Å². The van der Waals surface area contributed by atoms with Gasteiger partial charge in [0.2, 0.25) is 10.0 Å². The Kier molecular flexibility index (Phi) is 3.81. The summed E-state index contributed by atoms with van der Waals surface area (Å²) < 4.78 is 67.7. The SMILES string of the molecule is COc1cc(S(=O)(=O)NC2CC2)ccc1-c1ccc2c(c1)OC(F)(F)O2. The summed E-state index contributed by atoms with van der Waals surface area (Å²) in [6, 6.07) is 8.73. The van der Waals surface area contributed by atoms with Crippen molar-refractivity contribution in [2.24, 2.45) is 0 Å². The predicted molar refractivity (Wildman–Crippen MR) is 88.0 cm³/mol. The van der Waals surface area contributed by atoms with Crippen LogP contribution in [0.3, 0.4) is 0 Å². The second-order valence-corrected chi connectivity index (χ2v) is 7.80. The van der Waals surface area contributed by atoms with Gasteiger partial charge < -0.3 is 14.2 Å². The van der Waals surface area contributed by atoms with Crippen LogP contribution in [-0.2, 0) is 10.0 Å². The first-order valence-electron chi connectivity index (χ1n) is 7.88. The van der Waals surface area contributed by atoms with Crippen LogP contribution in [0, 0.1) is 0 Å². The van der Waals surface area contributed by atoms with Crippen LogP contribution in [0.25, 0.3) is 11.1 Å². The molecule has 0 saturated heterocycles. The molecule has 4 rings (SSSR count). The number of benzene rings is 2. The third-order valence-corrected chi connectivity index (χ3v) is 5.61. The van der Waals surface area contributed by atoms with E-state index in [1.54, 1.807) is 12.1 Å². The maximum Gasteiger partial charge on any atom is 0.586 e. The highest BCUT2D eigenvalue weighted by Crippen LogP contribution is 2.44. The number of methoxy groups -OCH3 is 1. The third kappa shape index (κ3) is 3.19. The minimum atomic E-state index is -3.70. The Morgan fingerprint density at radius 1 is 1.12 bits per heavy atom. The number of nitrogens with one attached hydrogen (secondary N) is 1. The molecule has 1 fully saturated rings. The Balaban J connectivity index is 1.69. The molecular formula is C17H15F2NO5S. The summed E-state index contributed by atoms with van der Waals surface area (Å²) >= 11 is 0. The van der Waals surface area contributed by atoms with Gasteiger partial charge in [0.1, 0.15) is 5.75 Å². The molecule has 2 aliphatic rings. The fraction of sp³-hybridized carbons (Fsp3) is 0.294. The van der Waals surface area contributed by atoms with E-state index in [0.29, 0.717) is 16.9 Å². The van der Waals surface area contributed by atoms with E-state index in [1.807, 2.05) is 0 Å². The van der Waals surface area contributed by atoms with Gasteiger partial charge in [-0.1, -0.05) is 6.07 Å². The Morgan fingerprint density at radius 3 is 2.54 bits per heavy atom. The zero-order chi connectivity index (χ0) is 18.5. The molecule has 0 bridgehead atoms. The number of hydrogen-bond donors (Lipinski definition) is 1. The number of sulfonamides is 1. The molecule has 138 valence electrons. The molecule has 0 spiro atoms. The summed E-state index contributed by atoms with van der Waals surface area (Å²) in [6.45, 7) is 0. The largest absolute Gasteiger partial charge is 0.586 e. The van der Waals surface area contributed by atoms with Crippen LogP contribution in [0.4, 0.5) is 8.78 Å². The number of alkyl halides is 2. The lowest BCUT2D eigenvalue weighted by atomic mass is 10.0. The summed E-state index contributed by atoms with van der Waals surface area (Å²) in [5.74, 6) is 0.140. The van der Waals surface area contributed by atoms with Crippen LogP contribution in [0.1, 0.15) is 12.8 Å². The van der Waals surface area contributed by atoms with Crippen molar-refractivity contribution < 1.29 is 31.4 Å². The van der Waals surface area contributed by atoms with Crippen molar-refractivity contribution in [2.45, 2.75) is 30.1 Å². The van der Waals surface area contributed by atoms with Gasteiger partial charge in [-0.15, -0.1) is 8.78 Å².